The van der Waals surface area contributed by atoms with Gasteiger partial charge in [0.25, 0.3) is 5.91 Å². The monoisotopic (exact) mass is 436 g/mol. The highest BCUT2D eigenvalue weighted by Crippen LogP contribution is 2.18. The lowest BCUT2D eigenvalue weighted by molar-refractivity contribution is 0.0827. The number of hydrogen-bond donors (Lipinski definition) is 2. The van der Waals surface area contributed by atoms with Crippen LogP contribution in [0.25, 0.3) is 0 Å². The van der Waals surface area contributed by atoms with Gasteiger partial charge in [0.2, 0.25) is 0 Å². The number of hydrogen-bond acceptors (Lipinski definition) is 4. The molecule has 0 spiro atoms. The van der Waals surface area contributed by atoms with Gasteiger partial charge in [-0.2, -0.15) is 0 Å². The van der Waals surface area contributed by atoms with E-state index in [0.29, 0.717) is 12.1 Å². The van der Waals surface area contributed by atoms with Crippen LogP contribution in [0, 0.1) is 0 Å². The summed E-state index contributed by atoms with van der Waals surface area (Å²) in [6.45, 7) is 3.60. The van der Waals surface area contributed by atoms with Crippen LogP contribution in [0.1, 0.15) is 47.2 Å². The Morgan fingerprint density at radius 2 is 1.84 bits per heavy atom. The van der Waals surface area contributed by atoms with Crippen LogP contribution in [-0.2, 0) is 13.0 Å². The summed E-state index contributed by atoms with van der Waals surface area (Å²) in [4.78, 5) is 25.1. The van der Waals surface area contributed by atoms with Crippen LogP contribution in [0.15, 0.2) is 47.6 Å². The highest BCUT2D eigenvalue weighted by Gasteiger charge is 2.12. The molecule has 7 heteroatoms. The van der Waals surface area contributed by atoms with E-state index in [4.69, 9.17) is 0 Å². The van der Waals surface area contributed by atoms with Gasteiger partial charge in [0.1, 0.15) is 5.82 Å². The second-order valence-electron chi connectivity index (χ2n) is 8.43. The standard InChI is InChI=1S/C25H36N6O/c1-26-25(28-14-11-20-9-8-10-22(17-20)24(32)30(2)3)29-19-21-12-13-27-23(18-21)31-15-6-4-5-7-16-31/h8-10,12-13,17-18H,4-7,11,14-16,19H2,1-3H3,(H2,26,28,29). The number of nitrogens with zero attached hydrogens (tertiary/aromatic N) is 4. The minimum absolute atomic E-state index is 0.0224. The normalized spacial score (nSPS) is 14.6. The average molecular weight is 437 g/mol. The third-order valence-electron chi connectivity index (χ3n) is 5.71. The first-order valence-corrected chi connectivity index (χ1v) is 11.5. The molecule has 1 aliphatic heterocycles. The second-order valence-corrected chi connectivity index (χ2v) is 8.43. The van der Waals surface area contributed by atoms with Crippen molar-refractivity contribution in [2.75, 3.05) is 45.7 Å². The van der Waals surface area contributed by atoms with Crippen LogP contribution in [0.4, 0.5) is 5.82 Å². The molecule has 1 fully saturated rings. The molecule has 2 N–H and O–H groups in total. The number of carbonyl (C=O) groups excluding carboxylic acids is 1. The number of benzene rings is 1. The maximum Gasteiger partial charge on any atom is 0.253 e. The second kappa shape index (κ2) is 12.1. The molecule has 0 atom stereocenters. The summed E-state index contributed by atoms with van der Waals surface area (Å²) in [6.07, 6.45) is 7.82. The number of aliphatic imine (C=N–C) groups is 1. The van der Waals surface area contributed by atoms with Gasteiger partial charge >= 0.3 is 0 Å². The van der Waals surface area contributed by atoms with E-state index < -0.39 is 0 Å². The molecular formula is C25H36N6O. The summed E-state index contributed by atoms with van der Waals surface area (Å²) in [5.74, 6) is 1.86. The molecule has 1 aromatic heterocycles. The molecule has 172 valence electrons. The summed E-state index contributed by atoms with van der Waals surface area (Å²) in [5.41, 5.74) is 3.03. The Balaban J connectivity index is 1.49. The third kappa shape index (κ3) is 6.97. The minimum Gasteiger partial charge on any atom is -0.357 e. The molecule has 0 bridgehead atoms. The van der Waals surface area contributed by atoms with Gasteiger partial charge in [-0.3, -0.25) is 9.79 Å². The SMILES string of the molecule is CN=C(NCCc1cccc(C(=O)N(C)C)c1)NCc1ccnc(N2CCCCCC2)c1. The Labute approximate surface area is 191 Å². The first-order chi connectivity index (χ1) is 15.6. The van der Waals surface area contributed by atoms with Crippen molar-refractivity contribution in [3.05, 3.63) is 59.3 Å². The molecule has 7 nitrogen and oxygen atoms in total. The van der Waals surface area contributed by atoms with Crippen molar-refractivity contribution >= 4 is 17.7 Å². The molecule has 3 rings (SSSR count). The number of carbonyl (C=O) groups is 1. The zero-order chi connectivity index (χ0) is 22.8. The Kier molecular flexibility index (Phi) is 8.90. The zero-order valence-corrected chi connectivity index (χ0v) is 19.6. The quantitative estimate of drug-likeness (QED) is 0.516. The fraction of sp³-hybridized carbons (Fsp3) is 0.480. The van der Waals surface area contributed by atoms with Crippen molar-refractivity contribution in [3.63, 3.8) is 0 Å². The molecule has 2 heterocycles. The summed E-state index contributed by atoms with van der Waals surface area (Å²) >= 11 is 0. The van der Waals surface area contributed by atoms with Crippen molar-refractivity contribution in [3.8, 4) is 0 Å². The fourth-order valence-electron chi connectivity index (χ4n) is 3.89. The smallest absolute Gasteiger partial charge is 0.253 e. The van der Waals surface area contributed by atoms with E-state index in [-0.39, 0.29) is 5.91 Å². The highest BCUT2D eigenvalue weighted by molar-refractivity contribution is 5.94. The summed E-state index contributed by atoms with van der Waals surface area (Å²) < 4.78 is 0. The molecule has 1 saturated heterocycles. The van der Waals surface area contributed by atoms with Gasteiger partial charge in [0, 0.05) is 59.1 Å². The number of anilines is 1. The van der Waals surface area contributed by atoms with Gasteiger partial charge in [0.15, 0.2) is 5.96 Å². The van der Waals surface area contributed by atoms with E-state index in [1.165, 1.54) is 31.2 Å². The van der Waals surface area contributed by atoms with E-state index in [1.54, 1.807) is 26.0 Å². The predicted molar refractivity (Wildman–Crippen MR) is 131 cm³/mol. The Hall–Kier alpha value is -3.09. The third-order valence-corrected chi connectivity index (χ3v) is 5.71. The largest absolute Gasteiger partial charge is 0.357 e. The van der Waals surface area contributed by atoms with Crippen molar-refractivity contribution in [2.45, 2.75) is 38.6 Å². The lowest BCUT2D eigenvalue weighted by Crippen LogP contribution is -2.38. The molecule has 0 unspecified atom stereocenters. The molecular weight excluding hydrogens is 400 g/mol. The zero-order valence-electron chi connectivity index (χ0n) is 19.6. The molecule has 1 aliphatic rings. The number of rotatable bonds is 7. The van der Waals surface area contributed by atoms with Crippen LogP contribution in [0.5, 0.6) is 0 Å². The van der Waals surface area contributed by atoms with Crippen molar-refractivity contribution < 1.29 is 4.79 Å². The predicted octanol–water partition coefficient (Wildman–Crippen LogP) is 3.07. The number of aromatic nitrogens is 1. The molecule has 32 heavy (non-hydrogen) atoms. The van der Waals surface area contributed by atoms with Crippen LogP contribution < -0.4 is 15.5 Å². The molecule has 1 aromatic carbocycles. The van der Waals surface area contributed by atoms with Gasteiger partial charge in [-0.15, -0.1) is 0 Å². The number of guanidine groups is 1. The van der Waals surface area contributed by atoms with Gasteiger partial charge in [-0.25, -0.2) is 4.98 Å². The molecule has 0 radical (unpaired) electrons. The van der Waals surface area contributed by atoms with Gasteiger partial charge in [-0.1, -0.05) is 25.0 Å². The maximum absolute atomic E-state index is 12.2. The first kappa shape index (κ1) is 23.6. The molecule has 2 aromatic rings. The summed E-state index contributed by atoms with van der Waals surface area (Å²) in [7, 11) is 5.32. The Bertz CT molecular complexity index is 903. The van der Waals surface area contributed by atoms with Crippen LogP contribution >= 0.6 is 0 Å². The van der Waals surface area contributed by atoms with E-state index in [2.05, 4.69) is 37.6 Å². The van der Waals surface area contributed by atoms with Crippen LogP contribution in [0.3, 0.4) is 0 Å². The highest BCUT2D eigenvalue weighted by atomic mass is 16.2. The van der Waals surface area contributed by atoms with Crippen molar-refractivity contribution in [1.82, 2.24) is 20.5 Å². The van der Waals surface area contributed by atoms with E-state index >= 15 is 0 Å². The van der Waals surface area contributed by atoms with Crippen molar-refractivity contribution in [1.29, 1.82) is 0 Å². The Morgan fingerprint density at radius 1 is 1.06 bits per heavy atom. The molecule has 0 aliphatic carbocycles. The number of amides is 1. The van der Waals surface area contributed by atoms with Crippen LogP contribution in [0.2, 0.25) is 0 Å². The minimum atomic E-state index is 0.0224. The van der Waals surface area contributed by atoms with Crippen molar-refractivity contribution in [2.24, 2.45) is 4.99 Å². The molecule has 0 saturated carbocycles. The number of pyridine rings is 1. The van der Waals surface area contributed by atoms with E-state index in [1.807, 2.05) is 30.5 Å². The van der Waals surface area contributed by atoms with Gasteiger partial charge in [-0.05, 0) is 54.7 Å². The van der Waals surface area contributed by atoms with E-state index in [0.717, 1.165) is 43.4 Å². The summed E-state index contributed by atoms with van der Waals surface area (Å²) in [6, 6.07) is 12.0. The fourth-order valence-corrected chi connectivity index (χ4v) is 3.89. The van der Waals surface area contributed by atoms with Gasteiger partial charge < -0.3 is 20.4 Å². The van der Waals surface area contributed by atoms with E-state index in [9.17, 15) is 4.79 Å². The lowest BCUT2D eigenvalue weighted by Gasteiger charge is -2.22. The van der Waals surface area contributed by atoms with Crippen LogP contribution in [-0.4, -0.2) is 62.5 Å². The van der Waals surface area contributed by atoms with Gasteiger partial charge in [0.05, 0.1) is 0 Å². The summed E-state index contributed by atoms with van der Waals surface area (Å²) in [5, 5.41) is 6.75. The average Bonchev–Trinajstić information content (AvgIpc) is 3.11. The number of nitrogens with one attached hydrogen (secondary N) is 2. The lowest BCUT2D eigenvalue weighted by atomic mass is 10.1. The maximum atomic E-state index is 12.2. The molecule has 1 amide bonds. The Morgan fingerprint density at radius 3 is 2.56 bits per heavy atom. The topological polar surface area (TPSA) is 72.9 Å². The first-order valence-electron chi connectivity index (χ1n) is 11.5.